The SMILES string of the molecule is CCC(C(=O)NCCc1ccsc1)C(N)=NO. The smallest absolute Gasteiger partial charge is 0.230 e. The maximum Gasteiger partial charge on any atom is 0.230 e. The van der Waals surface area contributed by atoms with Crippen LogP contribution in [0, 0.1) is 5.92 Å². The molecule has 1 rings (SSSR count). The molecule has 1 aromatic rings. The van der Waals surface area contributed by atoms with Crippen molar-refractivity contribution in [3.63, 3.8) is 0 Å². The standard InChI is InChI=1S/C11H17N3O2S/c1-2-9(10(12)14-16)11(15)13-5-3-8-4-6-17-7-8/h4,6-7,9,16H,2-3,5H2,1H3,(H2,12,14)(H,13,15). The fourth-order valence-electron chi connectivity index (χ4n) is 1.49. The van der Waals surface area contributed by atoms with E-state index in [0.717, 1.165) is 6.42 Å². The number of hydrogen-bond acceptors (Lipinski definition) is 4. The molecule has 4 N–H and O–H groups in total. The highest BCUT2D eigenvalue weighted by Crippen LogP contribution is 2.06. The zero-order valence-corrected chi connectivity index (χ0v) is 10.5. The van der Waals surface area contributed by atoms with Crippen LogP contribution in [0.25, 0.3) is 0 Å². The molecule has 0 aromatic carbocycles. The van der Waals surface area contributed by atoms with Gasteiger partial charge in [-0.2, -0.15) is 11.3 Å². The number of amidine groups is 1. The van der Waals surface area contributed by atoms with Gasteiger partial charge in [-0.1, -0.05) is 12.1 Å². The molecule has 94 valence electrons. The van der Waals surface area contributed by atoms with Gasteiger partial charge in [0.25, 0.3) is 0 Å². The zero-order valence-electron chi connectivity index (χ0n) is 9.72. The molecular weight excluding hydrogens is 238 g/mol. The van der Waals surface area contributed by atoms with Crippen LogP contribution in [-0.2, 0) is 11.2 Å². The lowest BCUT2D eigenvalue weighted by Gasteiger charge is -2.12. The van der Waals surface area contributed by atoms with Crippen LogP contribution in [0.3, 0.4) is 0 Å². The van der Waals surface area contributed by atoms with E-state index in [4.69, 9.17) is 10.9 Å². The highest BCUT2D eigenvalue weighted by molar-refractivity contribution is 7.07. The number of oxime groups is 1. The van der Waals surface area contributed by atoms with Gasteiger partial charge in [0.2, 0.25) is 5.91 Å². The van der Waals surface area contributed by atoms with E-state index in [-0.39, 0.29) is 11.7 Å². The van der Waals surface area contributed by atoms with Crippen molar-refractivity contribution in [2.75, 3.05) is 6.54 Å². The first kappa shape index (κ1) is 13.5. The Morgan fingerprint density at radius 3 is 3.00 bits per heavy atom. The molecule has 0 spiro atoms. The van der Waals surface area contributed by atoms with Crippen LogP contribution in [0.15, 0.2) is 22.0 Å². The number of carbonyl (C=O) groups is 1. The lowest BCUT2D eigenvalue weighted by atomic mass is 10.0. The molecule has 0 fully saturated rings. The summed E-state index contributed by atoms with van der Waals surface area (Å²) in [6.45, 7) is 2.38. The fourth-order valence-corrected chi connectivity index (χ4v) is 2.19. The highest BCUT2D eigenvalue weighted by Gasteiger charge is 2.20. The van der Waals surface area contributed by atoms with Gasteiger partial charge in [-0.25, -0.2) is 0 Å². The first-order valence-electron chi connectivity index (χ1n) is 5.45. The molecule has 0 aliphatic carbocycles. The molecule has 17 heavy (non-hydrogen) atoms. The third-order valence-corrected chi connectivity index (χ3v) is 3.22. The molecule has 0 saturated heterocycles. The average molecular weight is 255 g/mol. The predicted octanol–water partition coefficient (Wildman–Crippen LogP) is 1.18. The van der Waals surface area contributed by atoms with Crippen molar-refractivity contribution in [3.8, 4) is 0 Å². The topological polar surface area (TPSA) is 87.7 Å². The van der Waals surface area contributed by atoms with Crippen LogP contribution < -0.4 is 11.1 Å². The van der Waals surface area contributed by atoms with Crippen molar-refractivity contribution in [2.24, 2.45) is 16.8 Å². The zero-order chi connectivity index (χ0) is 12.7. The van der Waals surface area contributed by atoms with Crippen LogP contribution in [0.2, 0.25) is 0 Å². The Labute approximate surface area is 104 Å². The summed E-state index contributed by atoms with van der Waals surface area (Å²) in [5.74, 6) is -0.791. The van der Waals surface area contributed by atoms with Gasteiger partial charge in [0.1, 0.15) is 0 Å². The molecule has 0 bridgehead atoms. The molecule has 5 nitrogen and oxygen atoms in total. The monoisotopic (exact) mass is 255 g/mol. The van der Waals surface area contributed by atoms with Crippen LogP contribution >= 0.6 is 11.3 Å². The number of nitrogens with zero attached hydrogens (tertiary/aromatic N) is 1. The Bertz CT molecular complexity index is 376. The molecular formula is C11H17N3O2S. The maximum absolute atomic E-state index is 11.7. The van der Waals surface area contributed by atoms with Crippen LogP contribution in [0.1, 0.15) is 18.9 Å². The Kier molecular flexibility index (Phi) is 5.48. The van der Waals surface area contributed by atoms with Crippen LogP contribution in [0.5, 0.6) is 0 Å². The van der Waals surface area contributed by atoms with Crippen LogP contribution in [0.4, 0.5) is 0 Å². The number of nitrogens with one attached hydrogen (secondary N) is 1. The summed E-state index contributed by atoms with van der Waals surface area (Å²) in [5, 5.41) is 18.3. The summed E-state index contributed by atoms with van der Waals surface area (Å²) in [6, 6.07) is 2.03. The van der Waals surface area contributed by atoms with E-state index in [1.165, 1.54) is 5.56 Å². The van der Waals surface area contributed by atoms with E-state index in [1.807, 2.05) is 23.8 Å². The molecule has 0 aliphatic rings. The van der Waals surface area contributed by atoms with Gasteiger partial charge in [-0.3, -0.25) is 4.79 Å². The Hall–Kier alpha value is -1.56. The van der Waals surface area contributed by atoms with Gasteiger partial charge >= 0.3 is 0 Å². The third-order valence-electron chi connectivity index (χ3n) is 2.49. The molecule has 0 saturated carbocycles. The van der Waals surface area contributed by atoms with Gasteiger partial charge in [0.05, 0.1) is 5.92 Å². The Morgan fingerprint density at radius 1 is 1.71 bits per heavy atom. The van der Waals surface area contributed by atoms with E-state index in [1.54, 1.807) is 11.3 Å². The Morgan fingerprint density at radius 2 is 2.47 bits per heavy atom. The summed E-state index contributed by atoms with van der Waals surface area (Å²) in [5.41, 5.74) is 6.64. The second kappa shape index (κ2) is 6.90. The van der Waals surface area contributed by atoms with Crippen molar-refractivity contribution < 1.29 is 10.0 Å². The summed E-state index contributed by atoms with van der Waals surface area (Å²) in [4.78, 5) is 11.7. The third kappa shape index (κ3) is 4.07. The fraction of sp³-hybridized carbons (Fsp3) is 0.455. The van der Waals surface area contributed by atoms with E-state index in [2.05, 4.69) is 10.5 Å². The molecule has 1 unspecified atom stereocenters. The van der Waals surface area contributed by atoms with Gasteiger partial charge in [-0.05, 0) is 35.2 Å². The second-order valence-corrected chi connectivity index (χ2v) is 4.44. The van der Waals surface area contributed by atoms with E-state index < -0.39 is 5.92 Å². The molecule has 6 heteroatoms. The highest BCUT2D eigenvalue weighted by atomic mass is 32.1. The van der Waals surface area contributed by atoms with Gasteiger partial charge < -0.3 is 16.3 Å². The molecule has 1 aromatic heterocycles. The molecule has 0 radical (unpaired) electrons. The molecule has 1 heterocycles. The Balaban J connectivity index is 2.38. The first-order chi connectivity index (χ1) is 8.19. The maximum atomic E-state index is 11.7. The van der Waals surface area contributed by atoms with Crippen molar-refractivity contribution in [3.05, 3.63) is 22.4 Å². The van der Waals surface area contributed by atoms with Crippen molar-refractivity contribution in [1.82, 2.24) is 5.32 Å². The summed E-state index contributed by atoms with van der Waals surface area (Å²) in [6.07, 6.45) is 1.31. The van der Waals surface area contributed by atoms with Crippen molar-refractivity contribution >= 4 is 23.1 Å². The first-order valence-corrected chi connectivity index (χ1v) is 6.39. The minimum Gasteiger partial charge on any atom is -0.409 e. The van der Waals surface area contributed by atoms with E-state index >= 15 is 0 Å². The van der Waals surface area contributed by atoms with Gasteiger partial charge in [-0.15, -0.1) is 0 Å². The normalized spacial score (nSPS) is 13.4. The predicted molar refractivity (Wildman–Crippen MR) is 68.2 cm³/mol. The number of nitrogens with two attached hydrogens (primary N) is 1. The summed E-state index contributed by atoms with van der Waals surface area (Å²) in [7, 11) is 0. The number of thiophene rings is 1. The number of hydrogen-bond donors (Lipinski definition) is 3. The molecule has 1 amide bonds. The average Bonchev–Trinajstić information content (AvgIpc) is 2.82. The lowest BCUT2D eigenvalue weighted by molar-refractivity contribution is -0.123. The lowest BCUT2D eigenvalue weighted by Crippen LogP contribution is -2.39. The van der Waals surface area contributed by atoms with Gasteiger partial charge in [0, 0.05) is 6.54 Å². The van der Waals surface area contributed by atoms with Gasteiger partial charge in [0.15, 0.2) is 5.84 Å². The number of carbonyl (C=O) groups excluding carboxylic acids is 1. The minimum atomic E-state index is -0.553. The van der Waals surface area contributed by atoms with Crippen molar-refractivity contribution in [2.45, 2.75) is 19.8 Å². The largest absolute Gasteiger partial charge is 0.409 e. The number of rotatable bonds is 6. The van der Waals surface area contributed by atoms with Crippen LogP contribution in [-0.4, -0.2) is 23.5 Å². The minimum absolute atomic E-state index is 0.0412. The molecule has 0 aliphatic heterocycles. The quantitative estimate of drug-likeness (QED) is 0.309. The van der Waals surface area contributed by atoms with E-state index in [9.17, 15) is 4.79 Å². The van der Waals surface area contributed by atoms with E-state index in [0.29, 0.717) is 13.0 Å². The number of amides is 1. The summed E-state index contributed by atoms with van der Waals surface area (Å²) >= 11 is 1.63. The summed E-state index contributed by atoms with van der Waals surface area (Å²) < 4.78 is 0. The second-order valence-electron chi connectivity index (χ2n) is 3.66. The molecule has 1 atom stereocenters. The van der Waals surface area contributed by atoms with Crippen molar-refractivity contribution in [1.29, 1.82) is 0 Å².